The van der Waals surface area contributed by atoms with Crippen molar-refractivity contribution < 1.29 is 9.47 Å². The number of fused-ring (bicyclic) bond motifs is 3. The summed E-state index contributed by atoms with van der Waals surface area (Å²) in [7, 11) is 0. The molecule has 4 nitrogen and oxygen atoms in total. The Labute approximate surface area is 65.7 Å². The molecule has 0 radical (unpaired) electrons. The van der Waals surface area contributed by atoms with Crippen LogP contribution >= 0.6 is 0 Å². The van der Waals surface area contributed by atoms with Gasteiger partial charge in [-0.05, 0) is 0 Å². The molecule has 0 saturated carbocycles. The fourth-order valence-corrected chi connectivity index (χ4v) is 2.22. The zero-order valence-corrected chi connectivity index (χ0v) is 6.40. The van der Waals surface area contributed by atoms with Gasteiger partial charge in [-0.15, -0.1) is 0 Å². The van der Waals surface area contributed by atoms with Crippen molar-refractivity contribution in [2.45, 2.75) is 12.1 Å². The van der Waals surface area contributed by atoms with Crippen LogP contribution < -0.4 is 0 Å². The van der Waals surface area contributed by atoms with Crippen molar-refractivity contribution in [1.82, 2.24) is 9.80 Å². The molecule has 11 heavy (non-hydrogen) atoms. The Morgan fingerprint density at radius 2 is 1.45 bits per heavy atom. The smallest absolute Gasteiger partial charge is 0.100 e. The molecule has 3 aliphatic rings. The van der Waals surface area contributed by atoms with Crippen molar-refractivity contribution in [2.75, 3.05) is 33.3 Å². The average Bonchev–Trinajstić information content (AvgIpc) is 2.52. The second-order valence-corrected chi connectivity index (χ2v) is 3.45. The molecule has 62 valence electrons. The highest BCUT2D eigenvalue weighted by Gasteiger charge is 2.45. The summed E-state index contributed by atoms with van der Waals surface area (Å²) in [5.41, 5.74) is 0. The van der Waals surface area contributed by atoms with Gasteiger partial charge in [0.05, 0.1) is 32.0 Å². The van der Waals surface area contributed by atoms with Gasteiger partial charge in [-0.25, -0.2) is 0 Å². The van der Waals surface area contributed by atoms with Crippen LogP contribution in [0.25, 0.3) is 0 Å². The fourth-order valence-electron chi connectivity index (χ4n) is 2.22. The number of ether oxygens (including phenoxy) is 2. The maximum Gasteiger partial charge on any atom is 0.100 e. The monoisotopic (exact) mass is 156 g/mol. The Balaban J connectivity index is 1.84. The predicted octanol–water partition coefficient (Wildman–Crippen LogP) is -0.726. The SMILES string of the molecule is C1OCN2CN3COC[C@H]3[C@H]12. The fraction of sp³-hybridized carbons (Fsp3) is 1.00. The number of hydrogen-bond donors (Lipinski definition) is 0. The van der Waals surface area contributed by atoms with Crippen LogP contribution in [0.3, 0.4) is 0 Å². The van der Waals surface area contributed by atoms with Crippen molar-refractivity contribution in [1.29, 1.82) is 0 Å². The molecular formula is C7H12N2O2. The minimum absolute atomic E-state index is 0.609. The molecular weight excluding hydrogens is 144 g/mol. The molecule has 3 heterocycles. The molecule has 3 fully saturated rings. The molecule has 0 amide bonds. The van der Waals surface area contributed by atoms with Crippen molar-refractivity contribution in [2.24, 2.45) is 0 Å². The summed E-state index contributed by atoms with van der Waals surface area (Å²) in [4.78, 5) is 4.76. The van der Waals surface area contributed by atoms with E-state index in [1.807, 2.05) is 0 Å². The van der Waals surface area contributed by atoms with E-state index in [0.717, 1.165) is 33.3 Å². The Hall–Kier alpha value is -0.160. The quantitative estimate of drug-likeness (QED) is 0.462. The topological polar surface area (TPSA) is 24.9 Å². The molecule has 4 heteroatoms. The minimum atomic E-state index is 0.609. The van der Waals surface area contributed by atoms with Gasteiger partial charge in [-0.3, -0.25) is 9.80 Å². The highest BCUT2D eigenvalue weighted by atomic mass is 16.5. The van der Waals surface area contributed by atoms with Gasteiger partial charge in [0.2, 0.25) is 0 Å². The third kappa shape index (κ3) is 0.780. The molecule has 2 atom stereocenters. The minimum Gasteiger partial charge on any atom is -0.364 e. The first-order valence-corrected chi connectivity index (χ1v) is 4.09. The van der Waals surface area contributed by atoms with Gasteiger partial charge in [0.15, 0.2) is 0 Å². The first-order valence-electron chi connectivity index (χ1n) is 4.09. The van der Waals surface area contributed by atoms with Crippen molar-refractivity contribution in [3.63, 3.8) is 0 Å². The molecule has 0 aromatic carbocycles. The van der Waals surface area contributed by atoms with E-state index < -0.39 is 0 Å². The summed E-state index contributed by atoms with van der Waals surface area (Å²) in [6.07, 6.45) is 0. The van der Waals surface area contributed by atoms with E-state index in [2.05, 4.69) is 9.80 Å². The molecule has 0 aromatic rings. The van der Waals surface area contributed by atoms with Crippen molar-refractivity contribution >= 4 is 0 Å². The Kier molecular flexibility index (Phi) is 1.25. The summed E-state index contributed by atoms with van der Waals surface area (Å²) in [5.74, 6) is 0. The number of hydrogen-bond acceptors (Lipinski definition) is 4. The molecule has 0 bridgehead atoms. The first-order chi connectivity index (χ1) is 5.45. The molecule has 0 aliphatic carbocycles. The summed E-state index contributed by atoms with van der Waals surface area (Å²) in [6.45, 7) is 4.46. The third-order valence-corrected chi connectivity index (χ3v) is 2.84. The van der Waals surface area contributed by atoms with Crippen LogP contribution in [0, 0.1) is 0 Å². The predicted molar refractivity (Wildman–Crippen MR) is 37.8 cm³/mol. The molecule has 3 saturated heterocycles. The van der Waals surface area contributed by atoms with E-state index in [1.165, 1.54) is 0 Å². The van der Waals surface area contributed by atoms with E-state index in [-0.39, 0.29) is 0 Å². The summed E-state index contributed by atoms with van der Waals surface area (Å²) in [6, 6.07) is 1.22. The van der Waals surface area contributed by atoms with Crippen LogP contribution in [0.2, 0.25) is 0 Å². The normalized spacial score (nSPS) is 44.7. The van der Waals surface area contributed by atoms with Crippen LogP contribution in [-0.2, 0) is 9.47 Å². The maximum atomic E-state index is 5.36. The van der Waals surface area contributed by atoms with Gasteiger partial charge < -0.3 is 9.47 Å². The van der Waals surface area contributed by atoms with E-state index in [1.54, 1.807) is 0 Å². The van der Waals surface area contributed by atoms with Gasteiger partial charge >= 0.3 is 0 Å². The summed E-state index contributed by atoms with van der Waals surface area (Å²) in [5, 5.41) is 0. The molecule has 0 spiro atoms. The molecule has 3 aliphatic heterocycles. The van der Waals surface area contributed by atoms with Crippen molar-refractivity contribution in [3.8, 4) is 0 Å². The largest absolute Gasteiger partial charge is 0.364 e. The lowest BCUT2D eigenvalue weighted by Gasteiger charge is -2.13. The van der Waals surface area contributed by atoms with Crippen LogP contribution in [0.5, 0.6) is 0 Å². The van der Waals surface area contributed by atoms with E-state index in [4.69, 9.17) is 9.47 Å². The lowest BCUT2D eigenvalue weighted by molar-refractivity contribution is 0.0851. The second-order valence-electron chi connectivity index (χ2n) is 3.45. The zero-order chi connectivity index (χ0) is 7.26. The second kappa shape index (κ2) is 2.17. The third-order valence-electron chi connectivity index (χ3n) is 2.84. The Bertz CT molecular complexity index is 158. The molecule has 0 aromatic heterocycles. The summed E-state index contributed by atoms with van der Waals surface area (Å²) >= 11 is 0. The van der Waals surface area contributed by atoms with Crippen molar-refractivity contribution in [3.05, 3.63) is 0 Å². The van der Waals surface area contributed by atoms with Gasteiger partial charge in [0.25, 0.3) is 0 Å². The Morgan fingerprint density at radius 3 is 2.00 bits per heavy atom. The first kappa shape index (κ1) is 6.37. The highest BCUT2D eigenvalue weighted by molar-refractivity contribution is 4.95. The lowest BCUT2D eigenvalue weighted by atomic mass is 10.1. The molecule has 0 unspecified atom stereocenters. The number of nitrogens with zero attached hydrogens (tertiary/aromatic N) is 2. The number of rotatable bonds is 0. The van der Waals surface area contributed by atoms with Gasteiger partial charge in [-0.2, -0.15) is 0 Å². The molecule has 3 rings (SSSR count). The van der Waals surface area contributed by atoms with E-state index in [9.17, 15) is 0 Å². The van der Waals surface area contributed by atoms with Gasteiger partial charge in [0, 0.05) is 0 Å². The average molecular weight is 156 g/mol. The van der Waals surface area contributed by atoms with Crippen LogP contribution in [0.15, 0.2) is 0 Å². The van der Waals surface area contributed by atoms with E-state index in [0.29, 0.717) is 12.1 Å². The van der Waals surface area contributed by atoms with Gasteiger partial charge in [0.1, 0.15) is 13.5 Å². The summed E-state index contributed by atoms with van der Waals surface area (Å²) < 4.78 is 10.7. The van der Waals surface area contributed by atoms with Crippen LogP contribution in [0.4, 0.5) is 0 Å². The van der Waals surface area contributed by atoms with E-state index >= 15 is 0 Å². The molecule has 0 N–H and O–H groups in total. The zero-order valence-electron chi connectivity index (χ0n) is 6.40. The lowest BCUT2D eigenvalue weighted by Crippen LogP contribution is -2.34. The van der Waals surface area contributed by atoms with Gasteiger partial charge in [-0.1, -0.05) is 0 Å². The highest BCUT2D eigenvalue weighted by Crippen LogP contribution is 2.28. The van der Waals surface area contributed by atoms with Crippen LogP contribution in [-0.4, -0.2) is 55.2 Å². The Morgan fingerprint density at radius 1 is 0.909 bits per heavy atom. The maximum absolute atomic E-state index is 5.36. The van der Waals surface area contributed by atoms with Crippen LogP contribution in [0.1, 0.15) is 0 Å². The standard InChI is InChI=1S/C7H12N2O2/c1-6-7-2-11-5-9(7)3-8(6)4-10-1/h6-7H,1-5H2/t6-,7-/m0/s1.